The predicted molar refractivity (Wildman–Crippen MR) is 135 cm³/mol. The molecule has 0 aliphatic heterocycles. The molecule has 0 aliphatic carbocycles. The number of aromatic nitrogens is 3. The van der Waals surface area contributed by atoms with E-state index < -0.39 is 14.1 Å². The molecule has 0 N–H and O–H groups in total. The van der Waals surface area contributed by atoms with Crippen LogP contribution in [0.3, 0.4) is 0 Å². The molecule has 0 amide bonds. The molecule has 6 nitrogen and oxygen atoms in total. The maximum absolute atomic E-state index is 14.8. The first-order valence-electron chi connectivity index (χ1n) is 11.1. The van der Waals surface area contributed by atoms with Crippen LogP contribution in [-0.2, 0) is 4.43 Å². The standard InChI is InChI=1S/C25H32ClFN3O3Si/c1-14(33-34(8,9)25(5,6)7)13-31-18-10-11-20(27)19(12-18)24-28-22(15(2)23(26)29-24)21-16(3)30-32-17(21)4/h10-12,14H,1,13H2,2-9H3/t14-/m1/s1. The molecule has 0 aliphatic rings. The molecule has 2 aromatic heterocycles. The van der Waals surface area contributed by atoms with Gasteiger partial charge in [0.25, 0.3) is 0 Å². The molecule has 0 saturated carbocycles. The molecule has 0 saturated heterocycles. The number of benzene rings is 1. The van der Waals surface area contributed by atoms with E-state index in [4.69, 9.17) is 25.3 Å². The van der Waals surface area contributed by atoms with Gasteiger partial charge in [0, 0.05) is 5.56 Å². The SMILES string of the molecule is [CH2][C@H](COc1ccc(F)c(-c2nc(Cl)c(C)c(-c3c(C)noc3C)n2)c1)O[Si](C)(C)C(C)(C)C. The van der Waals surface area contributed by atoms with Crippen LogP contribution in [0.15, 0.2) is 22.7 Å². The molecular weight excluding hydrogens is 473 g/mol. The Balaban J connectivity index is 1.89. The van der Waals surface area contributed by atoms with Crippen LogP contribution in [0.2, 0.25) is 23.3 Å². The average Bonchev–Trinajstić information content (AvgIpc) is 3.06. The van der Waals surface area contributed by atoms with Crippen molar-refractivity contribution in [2.75, 3.05) is 6.61 Å². The van der Waals surface area contributed by atoms with Crippen LogP contribution >= 0.6 is 11.6 Å². The fourth-order valence-electron chi connectivity index (χ4n) is 3.26. The average molecular weight is 505 g/mol. The van der Waals surface area contributed by atoms with Crippen molar-refractivity contribution in [3.63, 3.8) is 0 Å². The molecule has 0 bridgehead atoms. The second kappa shape index (κ2) is 9.75. The Hall–Kier alpha value is -2.29. The lowest BCUT2D eigenvalue weighted by atomic mass is 10.1. The van der Waals surface area contributed by atoms with Gasteiger partial charge in [-0.1, -0.05) is 37.5 Å². The Kier molecular flexibility index (Phi) is 7.55. The van der Waals surface area contributed by atoms with E-state index in [-0.39, 0.29) is 34.3 Å². The Labute approximate surface area is 207 Å². The summed E-state index contributed by atoms with van der Waals surface area (Å²) in [5, 5.41) is 4.28. The zero-order chi connectivity index (χ0) is 25.4. The molecule has 1 aromatic carbocycles. The summed E-state index contributed by atoms with van der Waals surface area (Å²) in [6, 6.07) is 4.44. The minimum absolute atomic E-state index is 0.0625. The van der Waals surface area contributed by atoms with E-state index >= 15 is 0 Å². The number of aryl methyl sites for hydroxylation is 2. The fraction of sp³-hybridized carbons (Fsp3) is 0.440. The zero-order valence-electron chi connectivity index (χ0n) is 21.0. The summed E-state index contributed by atoms with van der Waals surface area (Å²) >= 11 is 6.41. The molecule has 1 atom stereocenters. The van der Waals surface area contributed by atoms with Gasteiger partial charge in [-0.2, -0.15) is 0 Å². The number of rotatable bonds is 7. The van der Waals surface area contributed by atoms with E-state index in [1.165, 1.54) is 6.07 Å². The summed E-state index contributed by atoms with van der Waals surface area (Å²) in [6.45, 7) is 20.6. The van der Waals surface area contributed by atoms with Gasteiger partial charge in [-0.3, -0.25) is 0 Å². The molecule has 2 heterocycles. The van der Waals surface area contributed by atoms with E-state index in [1.54, 1.807) is 26.0 Å². The van der Waals surface area contributed by atoms with Crippen molar-refractivity contribution < 1.29 is 18.1 Å². The van der Waals surface area contributed by atoms with Crippen LogP contribution in [0, 0.1) is 33.5 Å². The Morgan fingerprint density at radius 3 is 2.44 bits per heavy atom. The Morgan fingerprint density at radius 2 is 1.85 bits per heavy atom. The topological polar surface area (TPSA) is 70.3 Å². The lowest BCUT2D eigenvalue weighted by molar-refractivity contribution is 0.148. The van der Waals surface area contributed by atoms with Crippen molar-refractivity contribution in [1.82, 2.24) is 15.1 Å². The summed E-state index contributed by atoms with van der Waals surface area (Å²) < 4.78 is 32.2. The van der Waals surface area contributed by atoms with E-state index in [0.29, 0.717) is 28.5 Å². The van der Waals surface area contributed by atoms with Crippen molar-refractivity contribution in [2.45, 2.75) is 65.8 Å². The molecule has 1 radical (unpaired) electrons. The first-order valence-corrected chi connectivity index (χ1v) is 14.4. The van der Waals surface area contributed by atoms with Gasteiger partial charge in [-0.15, -0.1) is 0 Å². The summed E-state index contributed by atoms with van der Waals surface area (Å²) in [5.74, 6) is 0.725. The molecule has 183 valence electrons. The van der Waals surface area contributed by atoms with Crippen molar-refractivity contribution in [3.05, 3.63) is 53.1 Å². The Bertz CT molecular complexity index is 1170. The number of ether oxygens (including phenoxy) is 1. The van der Waals surface area contributed by atoms with Crippen LogP contribution in [-0.4, -0.2) is 36.2 Å². The lowest BCUT2D eigenvalue weighted by Gasteiger charge is -2.38. The van der Waals surface area contributed by atoms with Crippen molar-refractivity contribution in [1.29, 1.82) is 0 Å². The summed E-state index contributed by atoms with van der Waals surface area (Å²) in [4.78, 5) is 8.94. The number of nitrogens with zero attached hydrogens (tertiary/aromatic N) is 3. The highest BCUT2D eigenvalue weighted by atomic mass is 35.5. The van der Waals surface area contributed by atoms with Gasteiger partial charge in [0.2, 0.25) is 0 Å². The van der Waals surface area contributed by atoms with Gasteiger partial charge >= 0.3 is 0 Å². The molecular formula is C25H32ClFN3O3Si. The summed E-state index contributed by atoms with van der Waals surface area (Å²) in [5.41, 5.74) is 2.78. The highest BCUT2D eigenvalue weighted by molar-refractivity contribution is 6.74. The van der Waals surface area contributed by atoms with E-state index in [0.717, 1.165) is 5.56 Å². The smallest absolute Gasteiger partial charge is 0.192 e. The van der Waals surface area contributed by atoms with Gasteiger partial charge in [0.15, 0.2) is 14.1 Å². The maximum Gasteiger partial charge on any atom is 0.192 e. The van der Waals surface area contributed by atoms with Gasteiger partial charge in [0.05, 0.1) is 28.6 Å². The van der Waals surface area contributed by atoms with Crippen LogP contribution < -0.4 is 4.74 Å². The quantitative estimate of drug-likeness (QED) is 0.252. The minimum atomic E-state index is -1.98. The van der Waals surface area contributed by atoms with Gasteiger partial charge in [-0.05, 0) is 64.0 Å². The molecule has 0 spiro atoms. The van der Waals surface area contributed by atoms with Gasteiger partial charge in [0.1, 0.15) is 29.1 Å². The van der Waals surface area contributed by atoms with Crippen molar-refractivity contribution >= 4 is 19.9 Å². The maximum atomic E-state index is 14.8. The van der Waals surface area contributed by atoms with Crippen LogP contribution in [0.25, 0.3) is 22.6 Å². The molecule has 0 fully saturated rings. The molecule has 34 heavy (non-hydrogen) atoms. The monoisotopic (exact) mass is 504 g/mol. The molecule has 0 unspecified atom stereocenters. The van der Waals surface area contributed by atoms with Crippen molar-refractivity contribution in [3.8, 4) is 28.4 Å². The van der Waals surface area contributed by atoms with Crippen LogP contribution in [0.4, 0.5) is 4.39 Å². The van der Waals surface area contributed by atoms with Crippen LogP contribution in [0.5, 0.6) is 5.75 Å². The lowest BCUT2D eigenvalue weighted by Crippen LogP contribution is -2.44. The minimum Gasteiger partial charge on any atom is -0.491 e. The third kappa shape index (κ3) is 5.50. The Morgan fingerprint density at radius 1 is 1.18 bits per heavy atom. The van der Waals surface area contributed by atoms with Crippen LogP contribution in [0.1, 0.15) is 37.8 Å². The van der Waals surface area contributed by atoms with E-state index in [1.807, 2.05) is 6.92 Å². The summed E-state index contributed by atoms with van der Waals surface area (Å²) in [7, 11) is -1.98. The highest BCUT2D eigenvalue weighted by Crippen LogP contribution is 2.37. The van der Waals surface area contributed by atoms with Gasteiger partial charge < -0.3 is 13.7 Å². The second-order valence-electron chi connectivity index (χ2n) is 9.96. The van der Waals surface area contributed by atoms with Gasteiger partial charge in [-0.25, -0.2) is 14.4 Å². The fourth-order valence-corrected chi connectivity index (χ4v) is 4.68. The molecule has 3 aromatic rings. The predicted octanol–water partition coefficient (Wildman–Crippen LogP) is 7.12. The number of halogens is 2. The normalized spacial score (nSPS) is 13.3. The third-order valence-electron chi connectivity index (χ3n) is 6.24. The number of hydrogen-bond donors (Lipinski definition) is 0. The molecule has 9 heteroatoms. The third-order valence-corrected chi connectivity index (χ3v) is 11.1. The largest absolute Gasteiger partial charge is 0.491 e. The first kappa shape index (κ1) is 26.3. The summed E-state index contributed by atoms with van der Waals surface area (Å²) in [6.07, 6.45) is -0.356. The number of hydrogen-bond acceptors (Lipinski definition) is 6. The first-order chi connectivity index (χ1) is 15.7. The van der Waals surface area contributed by atoms with E-state index in [2.05, 4.69) is 55.9 Å². The molecule has 3 rings (SSSR count). The van der Waals surface area contributed by atoms with Crippen molar-refractivity contribution in [2.24, 2.45) is 0 Å². The highest BCUT2D eigenvalue weighted by Gasteiger charge is 2.38. The zero-order valence-corrected chi connectivity index (χ0v) is 22.8. The van der Waals surface area contributed by atoms with E-state index in [9.17, 15) is 4.39 Å². The second-order valence-corrected chi connectivity index (χ2v) is 15.1.